The van der Waals surface area contributed by atoms with E-state index in [4.69, 9.17) is 42.1 Å². The molecule has 0 aromatic heterocycles. The van der Waals surface area contributed by atoms with E-state index in [0.717, 1.165) is 52.6 Å². The number of ether oxygens (including phenoxy) is 4. The number of nitrogens with one attached hydrogen (secondary N) is 1. The molecule has 1 atom stereocenters. The smallest absolute Gasteiger partial charge is 0.156 e. The molecule has 202 valence electrons. The molecule has 4 aromatic carbocycles. The van der Waals surface area contributed by atoms with Gasteiger partial charge in [0.2, 0.25) is 0 Å². The van der Waals surface area contributed by atoms with Crippen molar-refractivity contribution in [2.75, 3.05) is 39.3 Å². The van der Waals surface area contributed by atoms with Crippen molar-refractivity contribution in [2.45, 2.75) is 19.3 Å². The lowest BCUT2D eigenvalue weighted by Gasteiger charge is -2.14. The zero-order valence-corrected chi connectivity index (χ0v) is 23.7. The summed E-state index contributed by atoms with van der Waals surface area (Å²) in [5.74, 6) is 3.30. The number of methoxy groups -OCH3 is 2. The van der Waals surface area contributed by atoms with Crippen LogP contribution >= 0.6 is 23.2 Å². The number of halogens is 2. The van der Waals surface area contributed by atoms with Crippen molar-refractivity contribution in [2.24, 2.45) is 0 Å². The average Bonchev–Trinajstić information content (AvgIpc) is 3.34. The molecule has 7 heteroatoms. The van der Waals surface area contributed by atoms with Gasteiger partial charge in [0.15, 0.2) is 5.75 Å². The van der Waals surface area contributed by atoms with Crippen molar-refractivity contribution < 1.29 is 18.9 Å². The van der Waals surface area contributed by atoms with E-state index >= 15 is 0 Å². The van der Waals surface area contributed by atoms with E-state index in [1.165, 1.54) is 11.1 Å². The first-order valence-electron chi connectivity index (χ1n) is 12.9. The number of aryl methyl sites for hydroxylation is 1. The van der Waals surface area contributed by atoms with Gasteiger partial charge in [-0.15, -0.1) is 0 Å². The summed E-state index contributed by atoms with van der Waals surface area (Å²) in [6.07, 6.45) is 0.940. The first-order valence-corrected chi connectivity index (χ1v) is 13.6. The molecule has 0 radical (unpaired) electrons. The van der Waals surface area contributed by atoms with Gasteiger partial charge >= 0.3 is 0 Å². The summed E-state index contributed by atoms with van der Waals surface area (Å²) in [4.78, 5) is 0. The Morgan fingerprint density at radius 3 is 2.23 bits per heavy atom. The van der Waals surface area contributed by atoms with Crippen LogP contribution in [0.25, 0.3) is 11.1 Å². The maximum Gasteiger partial charge on any atom is 0.156 e. The number of fused-ring (bicyclic) bond motifs is 1. The zero-order chi connectivity index (χ0) is 27.4. The van der Waals surface area contributed by atoms with Gasteiger partial charge in [0.25, 0.3) is 0 Å². The lowest BCUT2D eigenvalue weighted by Crippen LogP contribution is -2.09. The van der Waals surface area contributed by atoms with Crippen LogP contribution in [0.2, 0.25) is 10.0 Å². The summed E-state index contributed by atoms with van der Waals surface area (Å²) in [6, 6.07) is 24.3. The summed E-state index contributed by atoms with van der Waals surface area (Å²) in [6.45, 7) is 3.57. The van der Waals surface area contributed by atoms with Crippen LogP contribution < -0.4 is 24.3 Å². The van der Waals surface area contributed by atoms with Crippen LogP contribution in [-0.2, 0) is 6.42 Å². The second-order valence-corrected chi connectivity index (χ2v) is 10.4. The highest BCUT2D eigenvalue weighted by molar-refractivity contribution is 6.37. The van der Waals surface area contributed by atoms with E-state index in [9.17, 15) is 0 Å². The second kappa shape index (κ2) is 12.1. The predicted molar refractivity (Wildman–Crippen MR) is 159 cm³/mol. The second-order valence-electron chi connectivity index (χ2n) is 9.55. The molecule has 1 unspecified atom stereocenters. The maximum atomic E-state index is 6.24. The SMILES string of the molecule is COc1ccc(OC)c(-c2ccc3c(c2)NCC3Cc2ccc(OCCOc3c(Cl)cc(C)cc3Cl)cc2)c1. The van der Waals surface area contributed by atoms with Crippen molar-refractivity contribution in [3.63, 3.8) is 0 Å². The number of rotatable bonds is 10. The predicted octanol–water partition coefficient (Wildman–Crippen LogP) is 8.20. The molecule has 0 fully saturated rings. The average molecular weight is 565 g/mol. The minimum atomic E-state index is 0.346. The molecule has 1 N–H and O–H groups in total. The molecule has 1 heterocycles. The molecule has 0 saturated carbocycles. The van der Waals surface area contributed by atoms with Crippen molar-refractivity contribution in [1.29, 1.82) is 0 Å². The van der Waals surface area contributed by atoms with Crippen LogP contribution in [0.15, 0.2) is 72.8 Å². The quantitative estimate of drug-likeness (QED) is 0.197. The van der Waals surface area contributed by atoms with E-state index < -0.39 is 0 Å². The molecule has 1 aliphatic rings. The molecule has 0 spiro atoms. The molecule has 39 heavy (non-hydrogen) atoms. The van der Waals surface area contributed by atoms with Crippen LogP contribution in [0, 0.1) is 6.92 Å². The number of anilines is 1. The van der Waals surface area contributed by atoms with Gasteiger partial charge in [-0.25, -0.2) is 0 Å². The molecule has 1 aliphatic heterocycles. The molecule has 0 aliphatic carbocycles. The third-order valence-electron chi connectivity index (χ3n) is 6.90. The zero-order valence-electron chi connectivity index (χ0n) is 22.2. The summed E-state index contributed by atoms with van der Waals surface area (Å²) in [7, 11) is 3.36. The Bertz CT molecular complexity index is 1430. The standard InChI is InChI=1S/C32H31Cl2NO4/c1-20-14-28(33)32(29(34)15-20)39-13-12-38-24-7-4-21(5-8-24)16-23-19-35-30-17-22(6-10-26(23)30)27-18-25(36-2)9-11-31(27)37-3/h4-11,14-15,17-18,23,35H,12-13,16,19H2,1-3H3. The summed E-state index contributed by atoms with van der Waals surface area (Å²) >= 11 is 12.5. The van der Waals surface area contributed by atoms with E-state index in [2.05, 4.69) is 35.6 Å². The lowest BCUT2D eigenvalue weighted by atomic mass is 9.92. The van der Waals surface area contributed by atoms with E-state index in [-0.39, 0.29) is 0 Å². The third-order valence-corrected chi connectivity index (χ3v) is 7.46. The Morgan fingerprint density at radius 2 is 1.51 bits per heavy atom. The molecule has 0 amide bonds. The normalized spacial score (nSPS) is 13.9. The fraction of sp³-hybridized carbons (Fsp3) is 0.250. The highest BCUT2D eigenvalue weighted by Gasteiger charge is 2.23. The molecule has 0 bridgehead atoms. The van der Waals surface area contributed by atoms with Crippen LogP contribution in [0.4, 0.5) is 5.69 Å². The van der Waals surface area contributed by atoms with Crippen molar-refractivity contribution in [3.05, 3.63) is 99.5 Å². The Morgan fingerprint density at radius 1 is 0.795 bits per heavy atom. The van der Waals surface area contributed by atoms with E-state index in [1.807, 2.05) is 49.4 Å². The Kier molecular flexibility index (Phi) is 8.39. The minimum Gasteiger partial charge on any atom is -0.497 e. The first-order chi connectivity index (χ1) is 18.9. The van der Waals surface area contributed by atoms with Gasteiger partial charge in [-0.3, -0.25) is 0 Å². The van der Waals surface area contributed by atoms with E-state index in [0.29, 0.717) is 34.9 Å². The monoisotopic (exact) mass is 563 g/mol. The van der Waals surface area contributed by atoms with Gasteiger partial charge in [-0.2, -0.15) is 0 Å². The molecule has 4 aromatic rings. The molecular weight excluding hydrogens is 533 g/mol. The first kappa shape index (κ1) is 27.0. The van der Waals surface area contributed by atoms with Crippen LogP contribution in [-0.4, -0.2) is 34.0 Å². The van der Waals surface area contributed by atoms with Gasteiger partial charge in [0.05, 0.1) is 24.3 Å². The topological polar surface area (TPSA) is 49.0 Å². The summed E-state index contributed by atoms with van der Waals surface area (Å²) < 4.78 is 22.6. The Labute approximate surface area is 239 Å². The summed E-state index contributed by atoms with van der Waals surface area (Å²) in [5.41, 5.74) is 6.84. The molecule has 5 rings (SSSR count). The highest BCUT2D eigenvalue weighted by atomic mass is 35.5. The van der Waals surface area contributed by atoms with Crippen LogP contribution in [0.5, 0.6) is 23.0 Å². The van der Waals surface area contributed by atoms with Gasteiger partial charge < -0.3 is 24.3 Å². The molecule has 0 saturated heterocycles. The fourth-order valence-corrected chi connectivity index (χ4v) is 5.64. The number of hydrogen-bond donors (Lipinski definition) is 1. The van der Waals surface area contributed by atoms with Crippen molar-refractivity contribution in [1.82, 2.24) is 0 Å². The molecule has 5 nitrogen and oxygen atoms in total. The van der Waals surface area contributed by atoms with E-state index in [1.54, 1.807) is 14.2 Å². The Hall–Kier alpha value is -3.54. The third kappa shape index (κ3) is 6.21. The van der Waals surface area contributed by atoms with Crippen LogP contribution in [0.3, 0.4) is 0 Å². The van der Waals surface area contributed by atoms with Crippen molar-refractivity contribution in [3.8, 4) is 34.1 Å². The fourth-order valence-electron chi connectivity index (χ4n) is 4.93. The van der Waals surface area contributed by atoms with Crippen LogP contribution in [0.1, 0.15) is 22.6 Å². The minimum absolute atomic E-state index is 0.346. The maximum absolute atomic E-state index is 6.24. The van der Waals surface area contributed by atoms with Gasteiger partial charge in [0, 0.05) is 23.7 Å². The Balaban J connectivity index is 1.18. The molecular formula is C32H31Cl2NO4. The number of hydrogen-bond acceptors (Lipinski definition) is 5. The lowest BCUT2D eigenvalue weighted by molar-refractivity contribution is 0.217. The largest absolute Gasteiger partial charge is 0.497 e. The van der Waals surface area contributed by atoms with Crippen molar-refractivity contribution >= 4 is 28.9 Å². The van der Waals surface area contributed by atoms with Gasteiger partial charge in [-0.05, 0) is 84.1 Å². The summed E-state index contributed by atoms with van der Waals surface area (Å²) in [5, 5.41) is 4.59. The number of benzene rings is 4. The highest BCUT2D eigenvalue weighted by Crippen LogP contribution is 2.40. The van der Waals surface area contributed by atoms with Gasteiger partial charge in [-0.1, -0.05) is 47.5 Å². The van der Waals surface area contributed by atoms with Gasteiger partial charge in [0.1, 0.15) is 30.5 Å².